The molecule has 2 aliphatic rings. The molecule has 16 aromatic rings. The molecule has 16 bridgehead atoms. The number of aromatic nitrogens is 8. The van der Waals surface area contributed by atoms with Gasteiger partial charge in [-0.1, -0.05) is 263 Å². The van der Waals surface area contributed by atoms with Crippen molar-refractivity contribution < 1.29 is 0 Å². The number of benzene rings is 8. The third-order valence-corrected chi connectivity index (χ3v) is 25.2. The van der Waals surface area contributed by atoms with Crippen molar-refractivity contribution in [3.05, 3.63) is 248 Å². The lowest BCUT2D eigenvalue weighted by Gasteiger charge is -2.26. The molecule has 10 heterocycles. The summed E-state index contributed by atoms with van der Waals surface area (Å²) < 4.78 is 0. The quantitative estimate of drug-likeness (QED) is 0.130. The maximum atomic E-state index is 10.3. The van der Waals surface area contributed by atoms with Crippen molar-refractivity contribution in [2.45, 2.75) is 209 Å². The Kier molecular flexibility index (Phi) is 17.7. The normalized spacial score (nSPS) is 13.4. The molecule has 0 unspecified atom stereocenters. The summed E-state index contributed by atoms with van der Waals surface area (Å²) in [6, 6.07) is 67.9. The number of hydrogen-bond donors (Lipinski definition) is 4. The van der Waals surface area contributed by atoms with E-state index in [9.17, 15) is 10.5 Å². The molecule has 0 saturated heterocycles. The Hall–Kier alpha value is -12.5. The monoisotopic (exact) mass is 1570 g/mol. The van der Waals surface area contributed by atoms with Crippen LogP contribution >= 0.6 is 0 Å². The minimum atomic E-state index is -0.231. The molecule has 8 aromatic heterocycles. The van der Waals surface area contributed by atoms with Gasteiger partial charge in [-0.3, -0.25) is 0 Å². The average molecular weight is 1570 g/mol. The molecule has 598 valence electrons. The summed E-state index contributed by atoms with van der Waals surface area (Å²) in [5, 5.41) is 26.5. The number of nitrogens with one attached hydrogen (secondary N) is 4. The van der Waals surface area contributed by atoms with Crippen LogP contribution in [0.25, 0.3) is 190 Å². The summed E-state index contributed by atoms with van der Waals surface area (Å²) in [7, 11) is 0. The summed E-state index contributed by atoms with van der Waals surface area (Å²) in [5.41, 5.74) is 34.2. The predicted molar refractivity (Wildman–Crippen MR) is 509 cm³/mol. The van der Waals surface area contributed by atoms with Gasteiger partial charge in [0, 0.05) is 98.8 Å². The molecule has 18 rings (SSSR count). The van der Waals surface area contributed by atoms with Crippen LogP contribution in [0.15, 0.2) is 170 Å². The van der Waals surface area contributed by atoms with E-state index < -0.39 is 0 Å². The highest BCUT2D eigenvalue weighted by Gasteiger charge is 2.33. The fraction of sp³-hybridized carbons (Fsp3) is 0.291. The third-order valence-electron chi connectivity index (χ3n) is 25.2. The van der Waals surface area contributed by atoms with Gasteiger partial charge in [0.1, 0.15) is 0 Å². The first-order valence-electron chi connectivity index (χ1n) is 42.5. The molecule has 2 aliphatic heterocycles. The van der Waals surface area contributed by atoms with E-state index >= 15 is 0 Å². The average Bonchev–Trinajstić information content (AvgIpc) is 1.52. The number of nitrogens with zero attached hydrogens (tertiary/aromatic N) is 6. The molecule has 0 amide bonds. The Labute approximate surface area is 705 Å². The summed E-state index contributed by atoms with van der Waals surface area (Å²) in [4.78, 5) is 41.6. The van der Waals surface area contributed by atoms with E-state index in [1.807, 2.05) is 24.3 Å². The van der Waals surface area contributed by atoms with E-state index in [1.165, 1.54) is 44.5 Å². The van der Waals surface area contributed by atoms with Crippen molar-refractivity contribution in [3.63, 3.8) is 0 Å². The lowest BCUT2D eigenvalue weighted by molar-refractivity contribution is 0.568. The third kappa shape index (κ3) is 13.6. The Morgan fingerprint density at radius 1 is 0.233 bits per heavy atom. The van der Waals surface area contributed by atoms with E-state index in [2.05, 4.69) is 368 Å². The van der Waals surface area contributed by atoms with Gasteiger partial charge >= 0.3 is 0 Å². The second-order valence-electron chi connectivity index (χ2n) is 42.3. The highest BCUT2D eigenvalue weighted by atomic mass is 14.8. The van der Waals surface area contributed by atoms with Crippen LogP contribution in [0.5, 0.6) is 0 Å². The van der Waals surface area contributed by atoms with E-state index in [4.69, 9.17) is 19.9 Å². The van der Waals surface area contributed by atoms with Gasteiger partial charge < -0.3 is 19.9 Å². The molecule has 10 heteroatoms. The first-order chi connectivity index (χ1) is 56.3. The van der Waals surface area contributed by atoms with Crippen molar-refractivity contribution in [2.24, 2.45) is 0 Å². The number of H-pyrrole nitrogens is 4. The van der Waals surface area contributed by atoms with Crippen LogP contribution < -0.4 is 0 Å². The zero-order chi connectivity index (χ0) is 85.1. The Morgan fingerprint density at radius 2 is 0.475 bits per heavy atom. The number of rotatable bonds is 6. The van der Waals surface area contributed by atoms with Crippen LogP contribution in [0, 0.1) is 22.7 Å². The lowest BCUT2D eigenvalue weighted by Crippen LogP contribution is -2.16. The molecule has 0 aliphatic carbocycles. The van der Waals surface area contributed by atoms with Gasteiger partial charge in [0.25, 0.3) is 0 Å². The number of hydrogen-bond acceptors (Lipinski definition) is 6. The van der Waals surface area contributed by atoms with Crippen LogP contribution in [-0.2, 0) is 43.3 Å². The fourth-order valence-electron chi connectivity index (χ4n) is 17.9. The van der Waals surface area contributed by atoms with Gasteiger partial charge in [-0.2, -0.15) is 10.5 Å². The van der Waals surface area contributed by atoms with E-state index in [0.717, 1.165) is 188 Å². The first-order valence-corrected chi connectivity index (χ1v) is 42.5. The van der Waals surface area contributed by atoms with Crippen molar-refractivity contribution in [3.8, 4) is 78.9 Å². The van der Waals surface area contributed by atoms with Gasteiger partial charge in [0.05, 0.1) is 79.1 Å². The molecule has 8 aromatic carbocycles. The van der Waals surface area contributed by atoms with Crippen LogP contribution in [-0.4, -0.2) is 39.9 Å². The largest absolute Gasteiger partial charge is 0.354 e. The fourth-order valence-corrected chi connectivity index (χ4v) is 17.9. The van der Waals surface area contributed by atoms with Crippen molar-refractivity contribution in [1.29, 1.82) is 10.5 Å². The van der Waals surface area contributed by atoms with Crippen LogP contribution in [0.2, 0.25) is 0 Å². The van der Waals surface area contributed by atoms with Crippen molar-refractivity contribution in [2.75, 3.05) is 0 Å². The SMILES string of the molecule is CC(C)(C)c1cc(-c2c3nc(c(-c4ccc(C#N)cc4)c4ccc([nH]4)c(-c4cc(C(C)(C)C)cc(C(C)(C)C)c4)c4cc5c6cc7nc6c6c8[nH]c(cc8c8cc2[nH]c8c6c5n4)c(-c2cc(C(C)(C)C)cc(C(C)(C)C)c2)c2nc(c(-c4ccc(C#N)cc4)c4ccc([nH]4)c7-c4cc(C(C)(C)C)cc(C(C)(C)C)c4)C=C2)C=C3)cc(C(C)(C)C)c1. The Morgan fingerprint density at radius 3 is 0.725 bits per heavy atom. The van der Waals surface area contributed by atoms with Crippen molar-refractivity contribution >= 4 is 123 Å². The first kappa shape index (κ1) is 78.7. The Balaban J connectivity index is 1.15. The number of nitriles is 2. The second kappa shape index (κ2) is 27.0. The van der Waals surface area contributed by atoms with E-state index in [-0.39, 0.29) is 43.3 Å². The summed E-state index contributed by atoms with van der Waals surface area (Å²) in [6.07, 6.45) is 8.77. The predicted octanol–water partition coefficient (Wildman–Crippen LogP) is 29.7. The molecule has 10 nitrogen and oxygen atoms in total. The molecular weight excluding hydrogens is 1460 g/mol. The molecule has 4 N–H and O–H groups in total. The summed E-state index contributed by atoms with van der Waals surface area (Å²) in [6.45, 7) is 55.4. The van der Waals surface area contributed by atoms with Gasteiger partial charge in [-0.15, -0.1) is 0 Å². The molecule has 0 fully saturated rings. The zero-order valence-electron chi connectivity index (χ0n) is 74.2. The summed E-state index contributed by atoms with van der Waals surface area (Å²) in [5.74, 6) is 0. The number of fused-ring (bicyclic) bond motifs is 14. The van der Waals surface area contributed by atoms with Gasteiger partial charge in [0.2, 0.25) is 0 Å². The maximum absolute atomic E-state index is 10.3. The Bertz CT molecular complexity index is 6810. The standard InChI is InChI=1S/C110H108N10/c1-103(2,3)67-41-63(42-68(49-67)104(4,5)6)93-83-37-33-79(113-83)91(61-29-25-59(57-111)26-30-61)80-34-38-84(114-80)95(65-45-71(107(13,14)15)51-72(46-65)108(16,17)18)89-55-77-78-56-90-96(66-47-73(109(19,20)21)52-74(48-66)110(22,23)24)86-40-36-82(116-86)92(62-31-27-60(58-112)28-32-62)81-35-39-85(115-81)94(64-43-69(105(7,8)9)50-70(44-64)106(10,11)12)88-54-76-75-53-87(93)117-99(75)97(101(77)119-89)98(100(76)118-88)102(78)120-90/h25-56,113,115,119-120H,1-24H3. The molecule has 120 heavy (non-hydrogen) atoms. The van der Waals surface area contributed by atoms with E-state index in [1.54, 1.807) is 0 Å². The lowest BCUT2D eigenvalue weighted by atomic mass is 9.78. The molecule has 0 saturated carbocycles. The van der Waals surface area contributed by atoms with E-state index in [0.29, 0.717) is 11.1 Å². The highest BCUT2D eigenvalue weighted by molar-refractivity contribution is 6.39. The smallest absolute Gasteiger partial charge is 0.0991 e. The minimum absolute atomic E-state index is 0.231. The van der Waals surface area contributed by atoms with Gasteiger partial charge in [-0.25, -0.2) is 19.9 Å². The van der Waals surface area contributed by atoms with Crippen LogP contribution in [0.4, 0.5) is 0 Å². The van der Waals surface area contributed by atoms with Crippen molar-refractivity contribution in [1.82, 2.24) is 39.9 Å². The molecule has 0 radical (unpaired) electrons. The van der Waals surface area contributed by atoms with Gasteiger partial charge in [0.15, 0.2) is 0 Å². The second-order valence-corrected chi connectivity index (χ2v) is 42.3. The summed E-state index contributed by atoms with van der Waals surface area (Å²) >= 11 is 0. The van der Waals surface area contributed by atoms with Crippen LogP contribution in [0.1, 0.15) is 245 Å². The zero-order valence-corrected chi connectivity index (χ0v) is 74.2. The topological polar surface area (TPSA) is 162 Å². The molecule has 0 atom stereocenters. The molecule has 0 spiro atoms. The maximum Gasteiger partial charge on any atom is 0.0991 e. The van der Waals surface area contributed by atoms with Gasteiger partial charge in [-0.05, 0) is 218 Å². The van der Waals surface area contributed by atoms with Crippen LogP contribution in [0.3, 0.4) is 0 Å². The number of aromatic amines is 4. The highest BCUT2D eigenvalue weighted by Crippen LogP contribution is 2.52. The molecular formula is C110H108N10. The minimum Gasteiger partial charge on any atom is -0.354 e.